The van der Waals surface area contributed by atoms with Crippen LogP contribution < -0.4 is 0 Å². The van der Waals surface area contributed by atoms with Crippen LogP contribution in [0.3, 0.4) is 0 Å². The number of unbranched alkanes of at least 4 members (excludes halogenated alkanes) is 1. The number of hydrogen-bond donors (Lipinski definition) is 5. The SMILES string of the molecule is C[C@@H]1O[C@@H](COCCCN(CCCO[C@@H]2O[C@@H](C)[C@@H](O)[C@@H](O)[C@@H]2O)C(=O)CCCCC(=O)ON2C(=O)CCC2=O)C(=O)[C@H](O)[C@@H]1O. The van der Waals surface area contributed by atoms with Gasteiger partial charge in [-0.3, -0.25) is 19.2 Å². The molecule has 3 heterocycles. The van der Waals surface area contributed by atoms with Crippen molar-refractivity contribution in [1.82, 2.24) is 9.96 Å². The first-order valence-electron chi connectivity index (χ1n) is 15.6. The van der Waals surface area contributed by atoms with E-state index in [1.165, 1.54) is 13.8 Å². The highest BCUT2D eigenvalue weighted by Gasteiger charge is 2.43. The topological polar surface area (TPSA) is 239 Å². The van der Waals surface area contributed by atoms with E-state index < -0.39 is 78.7 Å². The maximum atomic E-state index is 13.1. The highest BCUT2D eigenvalue weighted by atomic mass is 16.7. The van der Waals surface area contributed by atoms with E-state index in [9.17, 15) is 49.5 Å². The lowest BCUT2D eigenvalue weighted by atomic mass is 9.98. The molecule has 3 fully saturated rings. The van der Waals surface area contributed by atoms with E-state index in [1.54, 1.807) is 4.90 Å². The predicted octanol–water partition coefficient (Wildman–Crippen LogP) is -2.30. The summed E-state index contributed by atoms with van der Waals surface area (Å²) >= 11 is 0. The van der Waals surface area contributed by atoms with Gasteiger partial charge in [-0.2, -0.15) is 0 Å². The smallest absolute Gasteiger partial charge is 0.333 e. The van der Waals surface area contributed by atoms with Gasteiger partial charge in [-0.1, -0.05) is 0 Å². The molecule has 262 valence electrons. The zero-order valence-corrected chi connectivity index (χ0v) is 26.1. The summed E-state index contributed by atoms with van der Waals surface area (Å²) in [6, 6.07) is 0. The third kappa shape index (κ3) is 10.4. The van der Waals surface area contributed by atoms with E-state index in [2.05, 4.69) is 0 Å². The molecule has 46 heavy (non-hydrogen) atoms. The van der Waals surface area contributed by atoms with Gasteiger partial charge in [0.2, 0.25) is 5.91 Å². The number of rotatable bonds is 17. The minimum absolute atomic E-state index is 0.00998. The van der Waals surface area contributed by atoms with Crippen molar-refractivity contribution in [3.05, 3.63) is 0 Å². The van der Waals surface area contributed by atoms with Crippen LogP contribution >= 0.6 is 0 Å². The number of Topliss-reactive ketones (excluding diaryl/α,β-unsaturated/α-hetero) is 1. The van der Waals surface area contributed by atoms with Crippen molar-refractivity contribution in [2.24, 2.45) is 0 Å². The molecule has 0 saturated carbocycles. The van der Waals surface area contributed by atoms with E-state index >= 15 is 0 Å². The average molecular weight is 663 g/mol. The lowest BCUT2D eigenvalue weighted by Gasteiger charge is -2.39. The largest absolute Gasteiger partial charge is 0.388 e. The van der Waals surface area contributed by atoms with Crippen LogP contribution in [0.15, 0.2) is 0 Å². The second kappa shape index (κ2) is 18.1. The normalized spacial score (nSPS) is 31.8. The minimum atomic E-state index is -1.56. The number of hydroxylamine groups is 2. The molecule has 0 aromatic rings. The number of hydrogen-bond acceptors (Lipinski definition) is 15. The molecule has 0 aliphatic carbocycles. The zero-order valence-electron chi connectivity index (χ0n) is 26.1. The van der Waals surface area contributed by atoms with Crippen molar-refractivity contribution in [1.29, 1.82) is 0 Å². The minimum Gasteiger partial charge on any atom is -0.388 e. The number of aliphatic hydroxyl groups is 5. The van der Waals surface area contributed by atoms with Crippen LogP contribution in [0.25, 0.3) is 0 Å². The van der Waals surface area contributed by atoms with Gasteiger partial charge in [0.1, 0.15) is 36.6 Å². The molecule has 0 spiro atoms. The fraction of sp³-hybridized carbons (Fsp3) is 0.828. The van der Waals surface area contributed by atoms with Gasteiger partial charge in [-0.15, -0.1) is 5.06 Å². The summed E-state index contributed by atoms with van der Waals surface area (Å²) in [5.74, 6) is -2.80. The van der Waals surface area contributed by atoms with Crippen LogP contribution in [-0.4, -0.2) is 153 Å². The molecule has 0 bridgehead atoms. The molecule has 9 atom stereocenters. The fourth-order valence-corrected chi connectivity index (χ4v) is 5.17. The van der Waals surface area contributed by atoms with Gasteiger partial charge >= 0.3 is 5.97 Å². The number of aliphatic hydroxyl groups excluding tert-OH is 5. The summed E-state index contributed by atoms with van der Waals surface area (Å²) in [6.07, 6.45) is -9.45. The number of imide groups is 1. The summed E-state index contributed by atoms with van der Waals surface area (Å²) in [5.41, 5.74) is 0. The molecule has 0 aromatic heterocycles. The molecule has 3 rings (SSSR count). The summed E-state index contributed by atoms with van der Waals surface area (Å²) < 4.78 is 22.0. The standard InChI is InChI=1S/C29H46N2O15/c1-16-23(36)26(39)25(38)18(44-16)15-42-13-5-11-30(12-6-14-43-29-28(41)27(40)24(37)17(2)45-29)19(32)7-3-4-8-22(35)46-31-20(33)9-10-21(31)34/h16-18,23-24,26-29,36-37,39-41H,3-15H2,1-2H3/t16-,17-,18-,23+,24+,26+,27+,28-,29+/m0/s1. The lowest BCUT2D eigenvalue weighted by Crippen LogP contribution is -2.57. The second-order valence-electron chi connectivity index (χ2n) is 11.6. The molecule has 0 unspecified atom stereocenters. The summed E-state index contributed by atoms with van der Waals surface area (Å²) in [4.78, 5) is 66.9. The van der Waals surface area contributed by atoms with Crippen molar-refractivity contribution < 1.29 is 73.3 Å². The number of carbonyl (C=O) groups excluding carboxylic acids is 5. The van der Waals surface area contributed by atoms with E-state index in [0.29, 0.717) is 24.3 Å². The Hall–Kier alpha value is -2.61. The van der Waals surface area contributed by atoms with Crippen molar-refractivity contribution in [3.63, 3.8) is 0 Å². The van der Waals surface area contributed by atoms with E-state index in [4.69, 9.17) is 23.8 Å². The van der Waals surface area contributed by atoms with Crippen molar-refractivity contribution >= 4 is 29.5 Å². The Kier molecular flexibility index (Phi) is 14.9. The first kappa shape index (κ1) is 37.8. The summed E-state index contributed by atoms with van der Waals surface area (Å²) in [5, 5.41) is 50.1. The van der Waals surface area contributed by atoms with Crippen molar-refractivity contribution in [2.45, 2.75) is 120 Å². The number of ether oxygens (including phenoxy) is 4. The molecule has 17 nitrogen and oxygen atoms in total. The Balaban J connectivity index is 1.43. The molecular weight excluding hydrogens is 616 g/mol. The third-order valence-electron chi connectivity index (χ3n) is 8.01. The Labute approximate surface area is 266 Å². The van der Waals surface area contributed by atoms with Crippen LogP contribution in [0.5, 0.6) is 0 Å². The van der Waals surface area contributed by atoms with Gasteiger partial charge in [-0.25, -0.2) is 4.79 Å². The molecule has 3 saturated heterocycles. The maximum Gasteiger partial charge on any atom is 0.333 e. The van der Waals surface area contributed by atoms with Gasteiger partial charge in [0, 0.05) is 45.4 Å². The summed E-state index contributed by atoms with van der Waals surface area (Å²) in [7, 11) is 0. The lowest BCUT2D eigenvalue weighted by molar-refractivity contribution is -0.293. The van der Waals surface area contributed by atoms with E-state index in [-0.39, 0.29) is 70.9 Å². The molecular formula is C29H46N2O15. The molecule has 3 aliphatic rings. The molecule has 0 aromatic carbocycles. The molecule has 0 radical (unpaired) electrons. The first-order valence-corrected chi connectivity index (χ1v) is 15.6. The zero-order chi connectivity index (χ0) is 34.0. The molecule has 17 heteroatoms. The van der Waals surface area contributed by atoms with Gasteiger partial charge in [-0.05, 0) is 39.5 Å². The highest BCUT2D eigenvalue weighted by Crippen LogP contribution is 2.22. The average Bonchev–Trinajstić information content (AvgIpc) is 3.34. The Morgan fingerprint density at radius 2 is 1.41 bits per heavy atom. The number of amides is 3. The fourth-order valence-electron chi connectivity index (χ4n) is 5.17. The third-order valence-corrected chi connectivity index (χ3v) is 8.01. The number of carbonyl (C=O) groups is 5. The quantitative estimate of drug-likeness (QED) is 0.0813. The van der Waals surface area contributed by atoms with E-state index in [1.807, 2.05) is 0 Å². The summed E-state index contributed by atoms with van der Waals surface area (Å²) in [6.45, 7) is 3.66. The molecule has 3 amide bonds. The Bertz CT molecular complexity index is 1040. The second-order valence-corrected chi connectivity index (χ2v) is 11.6. The van der Waals surface area contributed by atoms with Gasteiger partial charge < -0.3 is 54.2 Å². The Morgan fingerprint density at radius 1 is 0.804 bits per heavy atom. The van der Waals surface area contributed by atoms with Crippen LogP contribution in [0.1, 0.15) is 65.2 Å². The monoisotopic (exact) mass is 662 g/mol. The Morgan fingerprint density at radius 3 is 2.09 bits per heavy atom. The highest BCUT2D eigenvalue weighted by molar-refractivity contribution is 6.01. The predicted molar refractivity (Wildman–Crippen MR) is 152 cm³/mol. The van der Waals surface area contributed by atoms with Crippen molar-refractivity contribution in [2.75, 3.05) is 32.9 Å². The number of nitrogens with zero attached hydrogens (tertiary/aromatic N) is 2. The van der Waals surface area contributed by atoms with Gasteiger partial charge in [0.05, 0.1) is 25.4 Å². The first-order chi connectivity index (χ1) is 21.8. The number of ketones is 1. The van der Waals surface area contributed by atoms with Gasteiger partial charge in [0.25, 0.3) is 11.8 Å². The van der Waals surface area contributed by atoms with Gasteiger partial charge in [0.15, 0.2) is 12.1 Å². The molecule has 5 N–H and O–H groups in total. The van der Waals surface area contributed by atoms with Crippen LogP contribution in [0.2, 0.25) is 0 Å². The van der Waals surface area contributed by atoms with Crippen molar-refractivity contribution in [3.8, 4) is 0 Å². The molecule has 3 aliphatic heterocycles. The van der Waals surface area contributed by atoms with E-state index in [0.717, 1.165) is 0 Å². The van der Waals surface area contributed by atoms with Crippen LogP contribution in [0.4, 0.5) is 0 Å². The van der Waals surface area contributed by atoms with Crippen LogP contribution in [0, 0.1) is 0 Å². The van der Waals surface area contributed by atoms with Crippen LogP contribution in [-0.2, 0) is 47.8 Å². The maximum absolute atomic E-state index is 13.1.